The van der Waals surface area contributed by atoms with E-state index in [1.54, 1.807) is 30.0 Å². The van der Waals surface area contributed by atoms with Gasteiger partial charge in [0.15, 0.2) is 0 Å². The molecule has 0 unspecified atom stereocenters. The molecule has 2 N–H and O–H groups in total. The molecule has 2 fully saturated rings. The van der Waals surface area contributed by atoms with Crippen molar-refractivity contribution in [1.82, 2.24) is 10.2 Å². The molecule has 2 aliphatic heterocycles. The molecule has 2 atom stereocenters. The van der Waals surface area contributed by atoms with E-state index in [-0.39, 0.29) is 30.8 Å². The SMILES string of the molecule is O=C(CCN1C(=O)/C(=C/c2ccco2)SC1=S)N[C@H]1CSC[C@H]1O. The zero-order valence-electron chi connectivity index (χ0n) is 12.6. The van der Waals surface area contributed by atoms with Gasteiger partial charge >= 0.3 is 0 Å². The average Bonchev–Trinajstić information content (AvgIpc) is 3.24. The lowest BCUT2D eigenvalue weighted by molar-refractivity contribution is -0.124. The van der Waals surface area contributed by atoms with E-state index in [9.17, 15) is 14.7 Å². The van der Waals surface area contributed by atoms with E-state index < -0.39 is 6.10 Å². The predicted octanol–water partition coefficient (Wildman–Crippen LogP) is 1.46. The van der Waals surface area contributed by atoms with E-state index in [0.717, 1.165) is 0 Å². The summed E-state index contributed by atoms with van der Waals surface area (Å²) in [6.45, 7) is 0.224. The van der Waals surface area contributed by atoms with Gasteiger partial charge in [-0.3, -0.25) is 14.5 Å². The number of nitrogens with one attached hydrogen (secondary N) is 1. The van der Waals surface area contributed by atoms with Crippen LogP contribution in [0.25, 0.3) is 6.08 Å². The van der Waals surface area contributed by atoms with Crippen LogP contribution in [0.3, 0.4) is 0 Å². The van der Waals surface area contributed by atoms with Gasteiger partial charge in [0.25, 0.3) is 5.91 Å². The lowest BCUT2D eigenvalue weighted by Crippen LogP contribution is -2.43. The van der Waals surface area contributed by atoms with Crippen molar-refractivity contribution in [2.24, 2.45) is 0 Å². The van der Waals surface area contributed by atoms with E-state index in [4.69, 9.17) is 16.6 Å². The van der Waals surface area contributed by atoms with Crippen LogP contribution in [0, 0.1) is 0 Å². The first-order chi connectivity index (χ1) is 11.5. The minimum absolute atomic E-state index is 0.147. The van der Waals surface area contributed by atoms with Crippen LogP contribution in [0.1, 0.15) is 12.2 Å². The first-order valence-electron chi connectivity index (χ1n) is 7.38. The number of carbonyl (C=O) groups excluding carboxylic acids is 2. The number of furan rings is 1. The second-order valence-corrected chi connectivity index (χ2v) is 8.13. The molecule has 0 aromatic carbocycles. The third kappa shape index (κ3) is 4.02. The Hall–Kier alpha value is -1.29. The summed E-state index contributed by atoms with van der Waals surface area (Å²) in [5, 5.41) is 12.5. The Bertz CT molecular complexity index is 674. The molecule has 1 aromatic rings. The normalized spacial score (nSPS) is 25.7. The van der Waals surface area contributed by atoms with Crippen LogP contribution in [0.15, 0.2) is 27.7 Å². The van der Waals surface area contributed by atoms with Gasteiger partial charge in [-0.1, -0.05) is 24.0 Å². The number of thioether (sulfide) groups is 2. The van der Waals surface area contributed by atoms with Gasteiger partial charge in [-0.2, -0.15) is 11.8 Å². The van der Waals surface area contributed by atoms with Crippen molar-refractivity contribution in [1.29, 1.82) is 0 Å². The van der Waals surface area contributed by atoms with Crippen molar-refractivity contribution in [2.75, 3.05) is 18.1 Å². The van der Waals surface area contributed by atoms with Crippen LogP contribution in [0.4, 0.5) is 0 Å². The number of hydrogen-bond donors (Lipinski definition) is 2. The minimum Gasteiger partial charge on any atom is -0.465 e. The van der Waals surface area contributed by atoms with Crippen LogP contribution in [0.5, 0.6) is 0 Å². The molecule has 0 bridgehead atoms. The van der Waals surface area contributed by atoms with Gasteiger partial charge in [0.2, 0.25) is 5.91 Å². The Kier molecular flexibility index (Phi) is 5.65. The van der Waals surface area contributed by atoms with Crippen LogP contribution in [-0.2, 0) is 9.59 Å². The number of carbonyl (C=O) groups is 2. The molecule has 0 saturated carbocycles. The molecular weight excluding hydrogens is 368 g/mol. The second kappa shape index (κ2) is 7.73. The Labute approximate surface area is 153 Å². The Morgan fingerprint density at radius 1 is 1.54 bits per heavy atom. The van der Waals surface area contributed by atoms with Crippen molar-refractivity contribution >= 4 is 58.0 Å². The molecule has 3 rings (SSSR count). The zero-order chi connectivity index (χ0) is 17.1. The molecule has 0 spiro atoms. The third-order valence-corrected chi connectivity index (χ3v) is 6.20. The molecule has 6 nitrogen and oxygen atoms in total. The van der Waals surface area contributed by atoms with E-state index >= 15 is 0 Å². The van der Waals surface area contributed by atoms with Gasteiger partial charge in [0, 0.05) is 30.5 Å². The summed E-state index contributed by atoms with van der Waals surface area (Å²) >= 11 is 8.03. The maximum absolute atomic E-state index is 12.4. The van der Waals surface area contributed by atoms with Crippen LogP contribution in [-0.4, -0.2) is 56.3 Å². The molecule has 2 aliphatic rings. The number of hydrogen-bond acceptors (Lipinski definition) is 7. The summed E-state index contributed by atoms with van der Waals surface area (Å²) < 4.78 is 5.64. The fourth-order valence-electron chi connectivity index (χ4n) is 2.37. The highest BCUT2D eigenvalue weighted by Crippen LogP contribution is 2.32. The van der Waals surface area contributed by atoms with E-state index in [1.807, 2.05) is 0 Å². The second-order valence-electron chi connectivity index (χ2n) is 5.38. The molecule has 2 amide bonds. The standard InChI is InChI=1S/C15H16N2O4S3/c18-11-8-23-7-10(11)16-13(19)3-4-17-14(20)12(24-15(17)22)6-9-2-1-5-21-9/h1-2,5-6,10-11,18H,3-4,7-8H2,(H,16,19)/b12-6-/t10-,11+/m0/s1. The maximum atomic E-state index is 12.4. The Morgan fingerprint density at radius 2 is 2.38 bits per heavy atom. The molecule has 9 heteroatoms. The number of aliphatic hydroxyl groups excluding tert-OH is 1. The molecular formula is C15H16N2O4S3. The minimum atomic E-state index is -0.508. The van der Waals surface area contributed by atoms with Crippen molar-refractivity contribution in [3.63, 3.8) is 0 Å². The highest BCUT2D eigenvalue weighted by Gasteiger charge is 2.33. The highest BCUT2D eigenvalue weighted by atomic mass is 32.2. The molecule has 24 heavy (non-hydrogen) atoms. The zero-order valence-corrected chi connectivity index (χ0v) is 15.1. The van der Waals surface area contributed by atoms with Crippen molar-refractivity contribution in [3.8, 4) is 0 Å². The topological polar surface area (TPSA) is 82.8 Å². The molecule has 1 aromatic heterocycles. The number of amides is 2. The molecule has 0 radical (unpaired) electrons. The fraction of sp³-hybridized carbons (Fsp3) is 0.400. The summed E-state index contributed by atoms with van der Waals surface area (Å²) in [6.07, 6.45) is 2.82. The summed E-state index contributed by atoms with van der Waals surface area (Å²) in [4.78, 5) is 26.3. The number of aliphatic hydroxyl groups is 1. The first kappa shape index (κ1) is 17.5. The summed E-state index contributed by atoms with van der Waals surface area (Å²) in [5.74, 6) is 1.52. The average molecular weight is 385 g/mol. The third-order valence-electron chi connectivity index (χ3n) is 3.65. The largest absolute Gasteiger partial charge is 0.465 e. The fourth-order valence-corrected chi connectivity index (χ4v) is 4.83. The summed E-state index contributed by atoms with van der Waals surface area (Å²) in [5.41, 5.74) is 0. The monoisotopic (exact) mass is 384 g/mol. The lowest BCUT2D eigenvalue weighted by atomic mass is 10.2. The van der Waals surface area contributed by atoms with Crippen molar-refractivity contribution in [2.45, 2.75) is 18.6 Å². The number of thiocarbonyl (C=S) groups is 1. The van der Waals surface area contributed by atoms with Gasteiger partial charge in [0.1, 0.15) is 10.1 Å². The maximum Gasteiger partial charge on any atom is 0.266 e. The van der Waals surface area contributed by atoms with Crippen LogP contribution in [0.2, 0.25) is 0 Å². The van der Waals surface area contributed by atoms with Gasteiger partial charge < -0.3 is 14.8 Å². The highest BCUT2D eigenvalue weighted by molar-refractivity contribution is 8.26. The van der Waals surface area contributed by atoms with E-state index in [0.29, 0.717) is 26.5 Å². The number of nitrogens with zero attached hydrogens (tertiary/aromatic N) is 1. The van der Waals surface area contributed by atoms with Crippen molar-refractivity contribution in [3.05, 3.63) is 29.1 Å². The van der Waals surface area contributed by atoms with Crippen LogP contribution < -0.4 is 5.32 Å². The summed E-state index contributed by atoms with van der Waals surface area (Å²) in [7, 11) is 0. The van der Waals surface area contributed by atoms with E-state index in [1.165, 1.54) is 22.9 Å². The van der Waals surface area contributed by atoms with Gasteiger partial charge in [-0.25, -0.2) is 0 Å². The smallest absolute Gasteiger partial charge is 0.266 e. The van der Waals surface area contributed by atoms with Crippen LogP contribution >= 0.6 is 35.7 Å². The molecule has 0 aliphatic carbocycles. The molecule has 2 saturated heterocycles. The van der Waals surface area contributed by atoms with Gasteiger partial charge in [0.05, 0.1) is 23.3 Å². The van der Waals surface area contributed by atoms with Gasteiger partial charge in [-0.15, -0.1) is 0 Å². The molecule has 128 valence electrons. The first-order valence-corrected chi connectivity index (χ1v) is 9.76. The Balaban J connectivity index is 1.54. The quantitative estimate of drug-likeness (QED) is 0.587. The molecule has 3 heterocycles. The van der Waals surface area contributed by atoms with Crippen molar-refractivity contribution < 1.29 is 19.1 Å². The predicted molar refractivity (Wildman–Crippen MR) is 98.5 cm³/mol. The lowest BCUT2D eigenvalue weighted by Gasteiger charge is -2.17. The van der Waals surface area contributed by atoms with E-state index in [2.05, 4.69) is 5.32 Å². The summed E-state index contributed by atoms with van der Waals surface area (Å²) in [6, 6.07) is 3.28. The number of rotatable bonds is 5. The van der Waals surface area contributed by atoms with Gasteiger partial charge in [-0.05, 0) is 12.1 Å². The Morgan fingerprint density at radius 3 is 3.04 bits per heavy atom.